The van der Waals surface area contributed by atoms with Gasteiger partial charge >= 0.3 is 0 Å². The van der Waals surface area contributed by atoms with Crippen LogP contribution in [0, 0.1) is 6.92 Å². The first kappa shape index (κ1) is 14.1. The summed E-state index contributed by atoms with van der Waals surface area (Å²) in [7, 11) is 0. The van der Waals surface area contributed by atoms with E-state index in [1.54, 1.807) is 11.3 Å². The second-order valence-electron chi connectivity index (χ2n) is 4.07. The molecule has 1 atom stereocenters. The van der Waals surface area contributed by atoms with E-state index in [9.17, 15) is 4.79 Å². The highest BCUT2D eigenvalue weighted by atomic mass is 32.1. The fourth-order valence-electron chi connectivity index (χ4n) is 1.44. The molecule has 1 aromatic rings. The summed E-state index contributed by atoms with van der Waals surface area (Å²) >= 11 is 1.65. The van der Waals surface area contributed by atoms with E-state index in [4.69, 9.17) is 0 Å². The summed E-state index contributed by atoms with van der Waals surface area (Å²) in [5, 5.41) is 9.30. The van der Waals surface area contributed by atoms with E-state index in [0.717, 1.165) is 23.7 Å². The van der Waals surface area contributed by atoms with Crippen molar-refractivity contribution < 1.29 is 4.79 Å². The molecular formula is C12H21N3OS. The second kappa shape index (κ2) is 7.40. The first-order valence-electron chi connectivity index (χ1n) is 6.05. The molecule has 0 spiro atoms. The van der Waals surface area contributed by atoms with Gasteiger partial charge in [-0.05, 0) is 20.3 Å². The van der Waals surface area contributed by atoms with Crippen LogP contribution in [0.4, 0.5) is 0 Å². The van der Waals surface area contributed by atoms with Crippen molar-refractivity contribution >= 4 is 17.2 Å². The van der Waals surface area contributed by atoms with Crippen LogP contribution >= 0.6 is 11.3 Å². The molecule has 0 fully saturated rings. The molecule has 1 aromatic heterocycles. The summed E-state index contributed by atoms with van der Waals surface area (Å²) in [6.07, 6.45) is 1.50. The molecule has 1 rings (SSSR count). The SMILES string of the molecule is CCCNC(=O)CCNC(C)c1csc(C)n1. The van der Waals surface area contributed by atoms with Crippen molar-refractivity contribution in [3.05, 3.63) is 16.1 Å². The second-order valence-corrected chi connectivity index (χ2v) is 5.13. The van der Waals surface area contributed by atoms with Gasteiger partial charge in [0.2, 0.25) is 5.91 Å². The van der Waals surface area contributed by atoms with E-state index in [-0.39, 0.29) is 11.9 Å². The molecule has 5 heteroatoms. The molecule has 0 aliphatic heterocycles. The van der Waals surface area contributed by atoms with Crippen LogP contribution in [0.2, 0.25) is 0 Å². The number of nitrogens with one attached hydrogen (secondary N) is 2. The lowest BCUT2D eigenvalue weighted by Crippen LogP contribution is -2.29. The Bertz CT molecular complexity index is 351. The average Bonchev–Trinajstić information content (AvgIpc) is 2.73. The monoisotopic (exact) mass is 255 g/mol. The minimum absolute atomic E-state index is 0.112. The summed E-state index contributed by atoms with van der Waals surface area (Å²) < 4.78 is 0. The van der Waals surface area contributed by atoms with Crippen LogP contribution in [-0.2, 0) is 4.79 Å². The summed E-state index contributed by atoms with van der Waals surface area (Å²) in [4.78, 5) is 15.8. The number of carbonyl (C=O) groups is 1. The molecule has 0 bridgehead atoms. The van der Waals surface area contributed by atoms with Gasteiger partial charge in [-0.3, -0.25) is 4.79 Å². The van der Waals surface area contributed by atoms with Crippen molar-refractivity contribution in [2.45, 2.75) is 39.7 Å². The molecule has 1 heterocycles. The molecule has 2 N–H and O–H groups in total. The van der Waals surface area contributed by atoms with Crippen LogP contribution in [-0.4, -0.2) is 24.0 Å². The molecular weight excluding hydrogens is 234 g/mol. The van der Waals surface area contributed by atoms with Gasteiger partial charge in [0, 0.05) is 30.9 Å². The van der Waals surface area contributed by atoms with Crippen molar-refractivity contribution in [1.29, 1.82) is 0 Å². The fraction of sp³-hybridized carbons (Fsp3) is 0.667. The highest BCUT2D eigenvalue weighted by molar-refractivity contribution is 7.09. The summed E-state index contributed by atoms with van der Waals surface area (Å²) in [6.45, 7) is 7.57. The third kappa shape index (κ3) is 5.28. The first-order valence-corrected chi connectivity index (χ1v) is 6.93. The lowest BCUT2D eigenvalue weighted by molar-refractivity contribution is -0.121. The number of aryl methyl sites for hydroxylation is 1. The molecule has 1 amide bonds. The minimum atomic E-state index is 0.112. The van der Waals surface area contributed by atoms with Gasteiger partial charge < -0.3 is 10.6 Å². The van der Waals surface area contributed by atoms with Gasteiger partial charge in [0.15, 0.2) is 0 Å². The van der Waals surface area contributed by atoms with Crippen LogP contribution in [0.3, 0.4) is 0 Å². The van der Waals surface area contributed by atoms with Gasteiger partial charge in [0.05, 0.1) is 10.7 Å². The van der Waals surface area contributed by atoms with Crippen molar-refractivity contribution in [3.8, 4) is 0 Å². The van der Waals surface area contributed by atoms with Crippen LogP contribution in [0.25, 0.3) is 0 Å². The number of hydrogen-bond acceptors (Lipinski definition) is 4. The van der Waals surface area contributed by atoms with Gasteiger partial charge in [-0.15, -0.1) is 11.3 Å². The maximum Gasteiger partial charge on any atom is 0.221 e. The third-order valence-electron chi connectivity index (χ3n) is 2.46. The van der Waals surface area contributed by atoms with Gasteiger partial charge in [-0.2, -0.15) is 0 Å². The third-order valence-corrected chi connectivity index (χ3v) is 3.25. The van der Waals surface area contributed by atoms with Crippen LogP contribution in [0.15, 0.2) is 5.38 Å². The van der Waals surface area contributed by atoms with Crippen molar-refractivity contribution in [1.82, 2.24) is 15.6 Å². The zero-order chi connectivity index (χ0) is 12.7. The Hall–Kier alpha value is -0.940. The standard InChI is InChI=1S/C12H21N3OS/c1-4-6-14-12(16)5-7-13-9(2)11-8-17-10(3)15-11/h8-9,13H,4-7H2,1-3H3,(H,14,16). The lowest BCUT2D eigenvalue weighted by Gasteiger charge is -2.11. The maximum atomic E-state index is 11.4. The molecule has 0 aromatic carbocycles. The Morgan fingerprint density at radius 1 is 1.53 bits per heavy atom. The lowest BCUT2D eigenvalue weighted by atomic mass is 10.2. The normalized spacial score (nSPS) is 12.4. The Kier molecular flexibility index (Phi) is 6.15. The Labute approximate surface area is 107 Å². The number of thiazole rings is 1. The molecule has 0 saturated carbocycles. The molecule has 0 aliphatic rings. The van der Waals surface area contributed by atoms with E-state index in [1.807, 2.05) is 13.8 Å². The Balaban J connectivity index is 2.20. The number of amides is 1. The van der Waals surface area contributed by atoms with Gasteiger partial charge in [0.25, 0.3) is 0 Å². The molecule has 17 heavy (non-hydrogen) atoms. The van der Waals surface area contributed by atoms with Crippen molar-refractivity contribution in [2.24, 2.45) is 0 Å². The molecule has 0 aliphatic carbocycles. The van der Waals surface area contributed by atoms with E-state index in [2.05, 4.69) is 27.9 Å². The fourth-order valence-corrected chi connectivity index (χ4v) is 2.14. The van der Waals surface area contributed by atoms with Crippen molar-refractivity contribution in [2.75, 3.05) is 13.1 Å². The minimum Gasteiger partial charge on any atom is -0.356 e. The number of aromatic nitrogens is 1. The van der Waals surface area contributed by atoms with Crippen LogP contribution in [0.1, 0.15) is 43.4 Å². The topological polar surface area (TPSA) is 54.0 Å². The van der Waals surface area contributed by atoms with Crippen LogP contribution < -0.4 is 10.6 Å². The number of hydrogen-bond donors (Lipinski definition) is 2. The summed E-state index contributed by atoms with van der Waals surface area (Å²) in [5.74, 6) is 0.112. The van der Waals surface area contributed by atoms with Gasteiger partial charge in [-0.25, -0.2) is 4.98 Å². The quantitative estimate of drug-likeness (QED) is 0.783. The van der Waals surface area contributed by atoms with E-state index in [0.29, 0.717) is 13.0 Å². The summed E-state index contributed by atoms with van der Waals surface area (Å²) in [5.41, 5.74) is 1.06. The maximum absolute atomic E-state index is 11.4. The van der Waals surface area contributed by atoms with Crippen LogP contribution in [0.5, 0.6) is 0 Å². The van der Waals surface area contributed by atoms with E-state index in [1.165, 1.54) is 0 Å². The van der Waals surface area contributed by atoms with E-state index >= 15 is 0 Å². The number of rotatable bonds is 7. The van der Waals surface area contributed by atoms with Gasteiger partial charge in [-0.1, -0.05) is 6.92 Å². The molecule has 1 unspecified atom stereocenters. The molecule has 0 radical (unpaired) electrons. The molecule has 4 nitrogen and oxygen atoms in total. The highest BCUT2D eigenvalue weighted by Gasteiger charge is 2.08. The molecule has 96 valence electrons. The average molecular weight is 255 g/mol. The first-order chi connectivity index (χ1) is 8.13. The zero-order valence-corrected chi connectivity index (χ0v) is 11.6. The predicted octanol–water partition coefficient (Wildman–Crippen LogP) is 2.02. The zero-order valence-electron chi connectivity index (χ0n) is 10.7. The Morgan fingerprint density at radius 2 is 2.29 bits per heavy atom. The predicted molar refractivity (Wildman–Crippen MR) is 71.2 cm³/mol. The largest absolute Gasteiger partial charge is 0.356 e. The number of nitrogens with zero attached hydrogens (tertiary/aromatic N) is 1. The van der Waals surface area contributed by atoms with Gasteiger partial charge in [0.1, 0.15) is 0 Å². The Morgan fingerprint density at radius 3 is 2.88 bits per heavy atom. The van der Waals surface area contributed by atoms with E-state index < -0.39 is 0 Å². The van der Waals surface area contributed by atoms with Crippen molar-refractivity contribution in [3.63, 3.8) is 0 Å². The molecule has 0 saturated heterocycles. The summed E-state index contributed by atoms with van der Waals surface area (Å²) in [6, 6.07) is 0.207. The highest BCUT2D eigenvalue weighted by Crippen LogP contribution is 2.15. The number of carbonyl (C=O) groups excluding carboxylic acids is 1. The smallest absolute Gasteiger partial charge is 0.221 e.